The van der Waals surface area contributed by atoms with Crippen LogP contribution in [0.4, 0.5) is 5.69 Å². The van der Waals surface area contributed by atoms with Gasteiger partial charge in [0, 0.05) is 17.7 Å². The predicted octanol–water partition coefficient (Wildman–Crippen LogP) is 5.48. The van der Waals surface area contributed by atoms with Crippen molar-refractivity contribution in [3.05, 3.63) is 106 Å². The van der Waals surface area contributed by atoms with Gasteiger partial charge in [-0.2, -0.15) is 5.10 Å². The second-order valence-corrected chi connectivity index (χ2v) is 7.16. The molecule has 166 valence electrons. The van der Waals surface area contributed by atoms with Crippen molar-refractivity contribution >= 4 is 11.7 Å². The fraction of sp³-hybridized carbons (Fsp3) is 0.120. The van der Waals surface area contributed by atoms with Crippen molar-refractivity contribution in [3.8, 4) is 22.8 Å². The molecule has 0 aliphatic heterocycles. The maximum atomic E-state index is 12.5. The zero-order valence-corrected chi connectivity index (χ0v) is 17.9. The summed E-state index contributed by atoms with van der Waals surface area (Å²) in [6.45, 7) is 2.14. The van der Waals surface area contributed by atoms with Crippen molar-refractivity contribution in [2.45, 2.75) is 13.5 Å². The number of ether oxygens (including phenoxy) is 2. The molecular weight excluding hydrogens is 422 g/mol. The van der Waals surface area contributed by atoms with Gasteiger partial charge in [0.1, 0.15) is 17.2 Å². The van der Waals surface area contributed by atoms with Gasteiger partial charge in [-0.15, -0.1) is 0 Å². The first kappa shape index (κ1) is 21.8. The predicted molar refractivity (Wildman–Crippen MR) is 122 cm³/mol. The van der Waals surface area contributed by atoms with E-state index in [-0.39, 0.29) is 24.5 Å². The molecular formula is C25H21N3O5. The maximum absolute atomic E-state index is 12.5. The highest BCUT2D eigenvalue weighted by atomic mass is 16.6. The Kier molecular flexibility index (Phi) is 6.45. The van der Waals surface area contributed by atoms with Gasteiger partial charge < -0.3 is 9.47 Å². The number of hydrogen-bond donors (Lipinski definition) is 0. The lowest BCUT2D eigenvalue weighted by Crippen LogP contribution is -2.14. The van der Waals surface area contributed by atoms with Gasteiger partial charge in [-0.05, 0) is 55.0 Å². The molecule has 1 heterocycles. The molecule has 0 saturated heterocycles. The fourth-order valence-corrected chi connectivity index (χ4v) is 3.31. The smallest absolute Gasteiger partial charge is 0.356 e. The Balaban J connectivity index is 1.61. The summed E-state index contributed by atoms with van der Waals surface area (Å²) in [5.41, 5.74) is 2.26. The van der Waals surface area contributed by atoms with E-state index in [1.807, 2.05) is 54.6 Å². The summed E-state index contributed by atoms with van der Waals surface area (Å²) in [5, 5.41) is 15.7. The second kappa shape index (κ2) is 9.78. The van der Waals surface area contributed by atoms with Crippen LogP contribution in [0.3, 0.4) is 0 Å². The van der Waals surface area contributed by atoms with Gasteiger partial charge in [0.25, 0.3) is 5.69 Å². The van der Waals surface area contributed by atoms with Gasteiger partial charge in [0.2, 0.25) is 0 Å². The van der Waals surface area contributed by atoms with Gasteiger partial charge >= 0.3 is 5.97 Å². The Bertz CT molecular complexity index is 1270. The number of non-ortho nitro benzene ring substituents is 1. The molecule has 8 nitrogen and oxygen atoms in total. The van der Waals surface area contributed by atoms with Crippen molar-refractivity contribution in [2.75, 3.05) is 6.61 Å². The number of carbonyl (C=O) groups is 1. The summed E-state index contributed by atoms with van der Waals surface area (Å²) in [5.74, 6) is 0.897. The summed E-state index contributed by atoms with van der Waals surface area (Å²) < 4.78 is 12.5. The molecule has 0 amide bonds. The van der Waals surface area contributed by atoms with Crippen LogP contribution in [0, 0.1) is 10.1 Å². The van der Waals surface area contributed by atoms with E-state index < -0.39 is 10.9 Å². The Morgan fingerprint density at radius 1 is 0.970 bits per heavy atom. The van der Waals surface area contributed by atoms with Crippen LogP contribution >= 0.6 is 0 Å². The monoisotopic (exact) mass is 443 g/mol. The first-order valence-corrected chi connectivity index (χ1v) is 10.3. The number of benzene rings is 3. The molecule has 1 aromatic heterocycles. The van der Waals surface area contributed by atoms with E-state index in [1.54, 1.807) is 25.1 Å². The summed E-state index contributed by atoms with van der Waals surface area (Å²) in [6.07, 6.45) is 0. The summed E-state index contributed by atoms with van der Waals surface area (Å²) in [6, 6.07) is 24.7. The minimum atomic E-state index is -0.509. The molecule has 0 atom stereocenters. The molecule has 0 unspecified atom stereocenters. The average Bonchev–Trinajstić information content (AvgIpc) is 3.24. The topological polar surface area (TPSA) is 96.5 Å². The van der Waals surface area contributed by atoms with Crippen LogP contribution in [0.1, 0.15) is 23.0 Å². The third-order valence-electron chi connectivity index (χ3n) is 4.85. The van der Waals surface area contributed by atoms with Gasteiger partial charge in [-0.25, -0.2) is 4.79 Å². The number of rotatable bonds is 8. The molecule has 0 radical (unpaired) electrons. The van der Waals surface area contributed by atoms with Crippen LogP contribution in [-0.2, 0) is 11.3 Å². The van der Waals surface area contributed by atoms with Crippen LogP contribution in [0.2, 0.25) is 0 Å². The molecule has 0 N–H and O–H groups in total. The van der Waals surface area contributed by atoms with Gasteiger partial charge in [0.05, 0.1) is 23.8 Å². The van der Waals surface area contributed by atoms with Crippen molar-refractivity contribution in [1.29, 1.82) is 0 Å². The van der Waals surface area contributed by atoms with Crippen molar-refractivity contribution in [3.63, 3.8) is 0 Å². The van der Waals surface area contributed by atoms with Crippen LogP contribution in [0.5, 0.6) is 11.5 Å². The van der Waals surface area contributed by atoms with E-state index in [0.29, 0.717) is 17.0 Å². The molecule has 0 bridgehead atoms. The van der Waals surface area contributed by atoms with Crippen LogP contribution in [-0.4, -0.2) is 27.3 Å². The number of carbonyl (C=O) groups excluding carboxylic acids is 1. The Labute approximate surface area is 190 Å². The SMILES string of the molecule is CCOC(=O)c1cc(-c2ccc(Oc3ccccc3)cc2)nn1Cc1cccc([N+](=O)[O-])c1. The Morgan fingerprint density at radius 3 is 2.39 bits per heavy atom. The normalized spacial score (nSPS) is 10.6. The lowest BCUT2D eigenvalue weighted by atomic mass is 10.1. The third kappa shape index (κ3) is 5.24. The number of aromatic nitrogens is 2. The Hall–Kier alpha value is -4.46. The first-order chi connectivity index (χ1) is 16.0. The molecule has 4 aromatic rings. The third-order valence-corrected chi connectivity index (χ3v) is 4.85. The van der Waals surface area contributed by atoms with E-state index >= 15 is 0 Å². The number of nitro groups is 1. The summed E-state index contributed by atoms with van der Waals surface area (Å²) in [4.78, 5) is 23.2. The highest BCUT2D eigenvalue weighted by molar-refractivity contribution is 5.89. The zero-order chi connectivity index (χ0) is 23.2. The van der Waals surface area contributed by atoms with Crippen LogP contribution in [0.15, 0.2) is 84.9 Å². The van der Waals surface area contributed by atoms with Gasteiger partial charge in [-0.3, -0.25) is 14.8 Å². The molecule has 0 spiro atoms. The second-order valence-electron chi connectivity index (χ2n) is 7.16. The highest BCUT2D eigenvalue weighted by Gasteiger charge is 2.18. The van der Waals surface area contributed by atoms with Gasteiger partial charge in [-0.1, -0.05) is 30.3 Å². The van der Waals surface area contributed by atoms with E-state index in [1.165, 1.54) is 16.8 Å². The van der Waals surface area contributed by atoms with Crippen LogP contribution in [0.25, 0.3) is 11.3 Å². The average molecular weight is 443 g/mol. The van der Waals surface area contributed by atoms with Crippen LogP contribution < -0.4 is 4.74 Å². The fourth-order valence-electron chi connectivity index (χ4n) is 3.31. The quantitative estimate of drug-likeness (QED) is 0.203. The molecule has 0 aliphatic rings. The molecule has 0 fully saturated rings. The van der Waals surface area contributed by atoms with Crippen molar-refractivity contribution in [2.24, 2.45) is 0 Å². The van der Waals surface area contributed by atoms with Gasteiger partial charge in [0.15, 0.2) is 0 Å². The molecule has 0 saturated carbocycles. The number of esters is 1. The standard InChI is InChI=1S/C25H21N3O5/c1-2-32-25(29)24-16-23(26-27(24)17-18-7-6-8-20(15-18)28(30)31)19-11-13-22(14-12-19)33-21-9-4-3-5-10-21/h3-16H,2,17H2,1H3. The Morgan fingerprint density at radius 2 is 1.70 bits per heavy atom. The molecule has 3 aromatic carbocycles. The summed E-state index contributed by atoms with van der Waals surface area (Å²) >= 11 is 0. The largest absolute Gasteiger partial charge is 0.461 e. The molecule has 8 heteroatoms. The molecule has 4 rings (SSSR count). The first-order valence-electron chi connectivity index (χ1n) is 10.3. The van der Waals surface area contributed by atoms with E-state index in [0.717, 1.165) is 11.3 Å². The number of nitro benzene ring substituents is 1. The van der Waals surface area contributed by atoms with Crippen molar-refractivity contribution < 1.29 is 19.2 Å². The lowest BCUT2D eigenvalue weighted by molar-refractivity contribution is -0.384. The molecule has 33 heavy (non-hydrogen) atoms. The highest BCUT2D eigenvalue weighted by Crippen LogP contribution is 2.26. The maximum Gasteiger partial charge on any atom is 0.356 e. The van der Waals surface area contributed by atoms with E-state index in [2.05, 4.69) is 5.10 Å². The summed E-state index contributed by atoms with van der Waals surface area (Å²) in [7, 11) is 0. The molecule has 0 aliphatic carbocycles. The number of nitrogens with zero attached hydrogens (tertiary/aromatic N) is 3. The minimum Gasteiger partial charge on any atom is -0.461 e. The number of hydrogen-bond acceptors (Lipinski definition) is 6. The lowest BCUT2D eigenvalue weighted by Gasteiger charge is -2.07. The van der Waals surface area contributed by atoms with E-state index in [9.17, 15) is 14.9 Å². The van der Waals surface area contributed by atoms with E-state index in [4.69, 9.17) is 9.47 Å². The van der Waals surface area contributed by atoms with Crippen molar-refractivity contribution in [1.82, 2.24) is 9.78 Å². The zero-order valence-electron chi connectivity index (χ0n) is 17.9. The minimum absolute atomic E-state index is 0.0217. The number of para-hydroxylation sites is 1.